The smallest absolute Gasteiger partial charge is 0.318 e. The maximum Gasteiger partial charge on any atom is 0.318 e. The summed E-state index contributed by atoms with van der Waals surface area (Å²) in [7, 11) is -5.31. The summed E-state index contributed by atoms with van der Waals surface area (Å²) in [6, 6.07) is 0. The van der Waals surface area contributed by atoms with Crippen molar-refractivity contribution in [3.05, 3.63) is 11.1 Å². The first kappa shape index (κ1) is 17.5. The molecule has 0 aliphatic rings. The topological polar surface area (TPSA) is 193 Å². The van der Waals surface area contributed by atoms with Crippen LogP contribution in [0.3, 0.4) is 0 Å². The van der Waals surface area contributed by atoms with Gasteiger partial charge in [-0.25, -0.2) is 10.1 Å². The molecule has 0 spiro atoms. The number of hydrogen-bond donors (Lipinski definition) is 4. The third-order valence-electron chi connectivity index (χ3n) is 1.90. The van der Waals surface area contributed by atoms with Crippen LogP contribution in [0.2, 0.25) is 0 Å². The number of guanidine groups is 1. The fourth-order valence-corrected chi connectivity index (χ4v) is 3.48. The predicted octanol–water partition coefficient (Wildman–Crippen LogP) is -1.75. The summed E-state index contributed by atoms with van der Waals surface area (Å²) < 4.78 is 36.2. The van der Waals surface area contributed by atoms with Crippen molar-refractivity contribution in [2.75, 3.05) is 5.75 Å². The van der Waals surface area contributed by atoms with Gasteiger partial charge in [0.1, 0.15) is 5.84 Å². The standard InChI is InChI=1S/C8H15N7O3S3/c9-6(15-21(12,17)18)1-2-20(16)4-5-3-19-8(13-5)14-7(10)11/h3H,1-2,4H2,(H2,9,15)(H2,12,17,18)(H4,10,11,13,14)/t20-/m1/s1. The Balaban J connectivity index is 2.53. The Bertz CT molecular complexity index is 675. The minimum absolute atomic E-state index is 0.0495. The zero-order chi connectivity index (χ0) is 16.0. The Kier molecular flexibility index (Phi) is 6.19. The summed E-state index contributed by atoms with van der Waals surface area (Å²) in [6.07, 6.45) is 0.0495. The number of aliphatic imine (C=N–C) groups is 1. The molecule has 10 nitrogen and oxygen atoms in total. The van der Waals surface area contributed by atoms with Gasteiger partial charge in [0.05, 0.1) is 11.4 Å². The van der Waals surface area contributed by atoms with E-state index in [1.54, 1.807) is 5.38 Å². The van der Waals surface area contributed by atoms with Crippen molar-refractivity contribution in [1.29, 1.82) is 0 Å². The number of aromatic nitrogens is 1. The van der Waals surface area contributed by atoms with Crippen LogP contribution in [-0.4, -0.2) is 35.2 Å². The van der Waals surface area contributed by atoms with E-state index in [1.807, 2.05) is 0 Å². The van der Waals surface area contributed by atoms with Gasteiger partial charge in [0.25, 0.3) is 0 Å². The lowest BCUT2D eigenvalue weighted by atomic mass is 10.5. The zero-order valence-electron chi connectivity index (χ0n) is 10.8. The predicted molar refractivity (Wildman–Crippen MR) is 83.6 cm³/mol. The molecule has 0 radical (unpaired) electrons. The highest BCUT2D eigenvalue weighted by Crippen LogP contribution is 2.19. The number of nitrogens with two attached hydrogens (primary N) is 4. The summed E-state index contributed by atoms with van der Waals surface area (Å²) in [5.74, 6) is 0.0217. The van der Waals surface area contributed by atoms with E-state index in [0.29, 0.717) is 10.8 Å². The molecule has 13 heteroatoms. The average Bonchev–Trinajstić information content (AvgIpc) is 2.70. The van der Waals surface area contributed by atoms with Crippen molar-refractivity contribution in [1.82, 2.24) is 4.98 Å². The second-order valence-corrected chi connectivity index (χ2v) is 7.42. The van der Waals surface area contributed by atoms with Crippen LogP contribution in [0, 0.1) is 0 Å². The van der Waals surface area contributed by atoms with Gasteiger partial charge >= 0.3 is 10.2 Å². The monoisotopic (exact) mass is 353 g/mol. The molecule has 0 unspecified atom stereocenters. The fourth-order valence-electron chi connectivity index (χ4n) is 1.19. The molecule has 118 valence electrons. The van der Waals surface area contributed by atoms with E-state index in [0.717, 1.165) is 0 Å². The number of amidine groups is 1. The minimum Gasteiger partial charge on any atom is -0.386 e. The van der Waals surface area contributed by atoms with E-state index >= 15 is 0 Å². The summed E-state index contributed by atoms with van der Waals surface area (Å²) in [5.41, 5.74) is 16.4. The highest BCUT2D eigenvalue weighted by Gasteiger charge is 2.08. The van der Waals surface area contributed by atoms with Crippen molar-refractivity contribution in [2.45, 2.75) is 12.2 Å². The Labute approximate surface area is 128 Å². The van der Waals surface area contributed by atoms with Crippen molar-refractivity contribution in [3.8, 4) is 0 Å². The maximum absolute atomic E-state index is 11.8. The van der Waals surface area contributed by atoms with Gasteiger partial charge in [-0.2, -0.15) is 13.4 Å². The molecule has 0 aliphatic heterocycles. The first-order valence-electron chi connectivity index (χ1n) is 5.42. The SMILES string of the molecule is NC(N)=Nc1nc(C[S@](=O)CCC(N)=NS(N)(=O)=O)cs1. The molecule has 1 atom stereocenters. The first-order valence-corrected chi connectivity index (χ1v) is 9.29. The van der Waals surface area contributed by atoms with Gasteiger partial charge in [-0.3, -0.25) is 4.21 Å². The molecule has 0 amide bonds. The summed E-state index contributed by atoms with van der Waals surface area (Å²) in [4.78, 5) is 7.84. The molecule has 0 aromatic carbocycles. The summed E-state index contributed by atoms with van der Waals surface area (Å²) >= 11 is 1.21. The number of hydrogen-bond acceptors (Lipinski definition) is 6. The molecule has 1 heterocycles. The van der Waals surface area contributed by atoms with Gasteiger partial charge in [-0.05, 0) is 0 Å². The molecule has 0 fully saturated rings. The Morgan fingerprint density at radius 2 is 2.05 bits per heavy atom. The van der Waals surface area contributed by atoms with Crippen molar-refractivity contribution in [3.63, 3.8) is 0 Å². The summed E-state index contributed by atoms with van der Waals surface area (Å²) in [5, 5.41) is 6.75. The van der Waals surface area contributed by atoms with Crippen LogP contribution in [0.15, 0.2) is 14.8 Å². The second-order valence-electron chi connectivity index (χ2n) is 3.79. The average molecular weight is 353 g/mol. The zero-order valence-corrected chi connectivity index (χ0v) is 13.2. The van der Waals surface area contributed by atoms with Crippen LogP contribution in [0.5, 0.6) is 0 Å². The molecule has 0 saturated heterocycles. The molecule has 1 rings (SSSR count). The third kappa shape index (κ3) is 7.69. The number of thiazole rings is 1. The molecule has 0 bridgehead atoms. The van der Waals surface area contributed by atoms with Gasteiger partial charge in [-0.1, -0.05) is 0 Å². The van der Waals surface area contributed by atoms with E-state index in [1.165, 1.54) is 11.3 Å². The van der Waals surface area contributed by atoms with Crippen LogP contribution in [0.1, 0.15) is 12.1 Å². The molecular weight excluding hydrogens is 338 g/mol. The largest absolute Gasteiger partial charge is 0.386 e. The third-order valence-corrected chi connectivity index (χ3v) is 4.45. The van der Waals surface area contributed by atoms with Crippen LogP contribution in [0.4, 0.5) is 5.13 Å². The Hall–Kier alpha value is -1.57. The normalized spacial score (nSPS) is 13.9. The maximum atomic E-state index is 11.8. The molecular formula is C8H15N7O3S3. The van der Waals surface area contributed by atoms with Gasteiger partial charge in [0.15, 0.2) is 5.96 Å². The van der Waals surface area contributed by atoms with Crippen LogP contribution in [-0.2, 0) is 26.8 Å². The minimum atomic E-state index is -4.02. The van der Waals surface area contributed by atoms with E-state index in [4.69, 9.17) is 22.3 Å². The molecule has 21 heavy (non-hydrogen) atoms. The Morgan fingerprint density at radius 1 is 1.38 bits per heavy atom. The van der Waals surface area contributed by atoms with E-state index in [9.17, 15) is 12.6 Å². The van der Waals surface area contributed by atoms with Crippen molar-refractivity contribution >= 4 is 49.3 Å². The molecule has 1 aromatic rings. The second kappa shape index (κ2) is 7.44. The lowest BCUT2D eigenvalue weighted by Gasteiger charge is -2.00. The van der Waals surface area contributed by atoms with Crippen LogP contribution in [0.25, 0.3) is 0 Å². The van der Waals surface area contributed by atoms with Gasteiger partial charge in [-0.15, -0.1) is 15.7 Å². The van der Waals surface area contributed by atoms with E-state index < -0.39 is 21.0 Å². The molecule has 0 saturated carbocycles. The lowest BCUT2D eigenvalue weighted by molar-refractivity contribution is 0.599. The van der Waals surface area contributed by atoms with Crippen molar-refractivity contribution in [2.24, 2.45) is 31.7 Å². The van der Waals surface area contributed by atoms with Crippen molar-refractivity contribution < 1.29 is 12.6 Å². The van der Waals surface area contributed by atoms with E-state index in [2.05, 4.69) is 14.4 Å². The number of nitrogens with zero attached hydrogens (tertiary/aromatic N) is 3. The first-order chi connectivity index (χ1) is 9.65. The Morgan fingerprint density at radius 3 is 2.62 bits per heavy atom. The summed E-state index contributed by atoms with van der Waals surface area (Å²) in [6.45, 7) is 0. The highest BCUT2D eigenvalue weighted by molar-refractivity contribution is 7.88. The lowest BCUT2D eigenvalue weighted by Crippen LogP contribution is -2.21. The van der Waals surface area contributed by atoms with Crippen LogP contribution < -0.4 is 22.3 Å². The molecule has 1 aromatic heterocycles. The molecule has 0 aliphatic carbocycles. The highest BCUT2D eigenvalue weighted by atomic mass is 32.2. The van der Waals surface area contributed by atoms with Gasteiger partial charge < -0.3 is 17.2 Å². The van der Waals surface area contributed by atoms with E-state index in [-0.39, 0.29) is 29.7 Å². The van der Waals surface area contributed by atoms with Crippen LogP contribution >= 0.6 is 11.3 Å². The quantitative estimate of drug-likeness (QED) is 0.329. The number of rotatable bonds is 7. The fraction of sp³-hybridized carbons (Fsp3) is 0.375. The molecule has 8 N–H and O–H groups in total. The van der Waals surface area contributed by atoms with Gasteiger partial charge in [0, 0.05) is 28.4 Å². The van der Waals surface area contributed by atoms with Gasteiger partial charge in [0.2, 0.25) is 5.13 Å².